The maximum Gasteiger partial charge on any atom is 0.329 e. The van der Waals surface area contributed by atoms with Crippen LogP contribution in [0.1, 0.15) is 38.5 Å². The van der Waals surface area contributed by atoms with Gasteiger partial charge in [0.1, 0.15) is 6.61 Å². The van der Waals surface area contributed by atoms with E-state index in [1.165, 1.54) is 19.3 Å². The predicted octanol–water partition coefficient (Wildman–Crippen LogP) is 2.30. The number of likely N-dealkylation sites (tertiary alicyclic amines) is 1. The van der Waals surface area contributed by atoms with Crippen molar-refractivity contribution < 1.29 is 14.6 Å². The number of allylic oxidation sites excluding steroid dienone is 1. The third kappa shape index (κ3) is 6.77. The van der Waals surface area contributed by atoms with Crippen molar-refractivity contribution in [1.82, 2.24) is 4.90 Å². The standard InChI is InChI=1S/C14H25NO3/c1-2-3-4-5-6-9-15-10-7-13(8-11-15)18-12-14(16)17/h2,13H,1,3-12H2,(H,16,17). The fourth-order valence-corrected chi connectivity index (χ4v) is 2.29. The highest BCUT2D eigenvalue weighted by Gasteiger charge is 2.19. The summed E-state index contributed by atoms with van der Waals surface area (Å²) < 4.78 is 5.31. The molecule has 0 unspecified atom stereocenters. The lowest BCUT2D eigenvalue weighted by Gasteiger charge is -2.31. The normalized spacial score (nSPS) is 17.8. The first kappa shape index (κ1) is 15.2. The lowest BCUT2D eigenvalue weighted by atomic mass is 10.1. The maximum atomic E-state index is 10.4. The fraction of sp³-hybridized carbons (Fsp3) is 0.786. The molecule has 1 N–H and O–H groups in total. The Bertz CT molecular complexity index is 247. The topological polar surface area (TPSA) is 49.8 Å². The van der Waals surface area contributed by atoms with Crippen molar-refractivity contribution in [2.24, 2.45) is 0 Å². The molecule has 1 fully saturated rings. The molecule has 0 aromatic heterocycles. The highest BCUT2D eigenvalue weighted by atomic mass is 16.5. The van der Waals surface area contributed by atoms with Crippen LogP contribution in [0.4, 0.5) is 0 Å². The minimum absolute atomic E-state index is 0.137. The van der Waals surface area contributed by atoms with E-state index in [-0.39, 0.29) is 12.7 Å². The number of nitrogens with zero attached hydrogens (tertiary/aromatic N) is 1. The van der Waals surface area contributed by atoms with Gasteiger partial charge in [0.25, 0.3) is 0 Å². The number of carboxylic acid groups (broad SMARTS) is 1. The van der Waals surface area contributed by atoms with E-state index in [0.717, 1.165) is 38.9 Å². The molecule has 1 saturated heterocycles. The average Bonchev–Trinajstić information content (AvgIpc) is 2.37. The molecule has 4 nitrogen and oxygen atoms in total. The highest BCUT2D eigenvalue weighted by molar-refractivity contribution is 5.68. The summed E-state index contributed by atoms with van der Waals surface area (Å²) in [6, 6.07) is 0. The van der Waals surface area contributed by atoms with Gasteiger partial charge in [0, 0.05) is 13.1 Å². The van der Waals surface area contributed by atoms with Gasteiger partial charge in [0.2, 0.25) is 0 Å². The summed E-state index contributed by atoms with van der Waals surface area (Å²) in [5.74, 6) is -0.875. The van der Waals surface area contributed by atoms with E-state index in [9.17, 15) is 4.79 Å². The largest absolute Gasteiger partial charge is 0.480 e. The van der Waals surface area contributed by atoms with Crippen LogP contribution < -0.4 is 0 Å². The summed E-state index contributed by atoms with van der Waals surface area (Å²) in [6.07, 6.45) is 8.89. The van der Waals surface area contributed by atoms with Crippen molar-refractivity contribution in [1.29, 1.82) is 0 Å². The average molecular weight is 255 g/mol. The van der Waals surface area contributed by atoms with E-state index in [1.807, 2.05) is 6.08 Å². The molecule has 18 heavy (non-hydrogen) atoms. The van der Waals surface area contributed by atoms with Gasteiger partial charge in [0.15, 0.2) is 0 Å². The number of hydrogen-bond acceptors (Lipinski definition) is 3. The Balaban J connectivity index is 2.01. The molecule has 4 heteroatoms. The highest BCUT2D eigenvalue weighted by Crippen LogP contribution is 2.14. The molecule has 0 amide bonds. The zero-order chi connectivity index (χ0) is 13.2. The SMILES string of the molecule is C=CCCCCCN1CCC(OCC(=O)O)CC1. The summed E-state index contributed by atoms with van der Waals surface area (Å²) in [7, 11) is 0. The van der Waals surface area contributed by atoms with Gasteiger partial charge in [0.05, 0.1) is 6.10 Å². The van der Waals surface area contributed by atoms with Gasteiger partial charge < -0.3 is 14.7 Å². The minimum Gasteiger partial charge on any atom is -0.480 e. The van der Waals surface area contributed by atoms with Crippen LogP contribution in [0.3, 0.4) is 0 Å². The summed E-state index contributed by atoms with van der Waals surface area (Å²) in [5.41, 5.74) is 0. The van der Waals surface area contributed by atoms with E-state index in [1.54, 1.807) is 0 Å². The van der Waals surface area contributed by atoms with E-state index in [0.29, 0.717) is 0 Å². The number of piperidine rings is 1. The Morgan fingerprint density at radius 1 is 1.33 bits per heavy atom. The minimum atomic E-state index is -0.875. The molecule has 0 spiro atoms. The summed E-state index contributed by atoms with van der Waals surface area (Å²) in [4.78, 5) is 12.8. The van der Waals surface area contributed by atoms with Crippen molar-refractivity contribution >= 4 is 5.97 Å². The fourth-order valence-electron chi connectivity index (χ4n) is 2.29. The monoisotopic (exact) mass is 255 g/mol. The van der Waals surface area contributed by atoms with Gasteiger partial charge in [-0.3, -0.25) is 0 Å². The number of ether oxygens (including phenoxy) is 1. The maximum absolute atomic E-state index is 10.4. The van der Waals surface area contributed by atoms with Crippen molar-refractivity contribution in [2.75, 3.05) is 26.2 Å². The molecule has 1 rings (SSSR count). The van der Waals surface area contributed by atoms with Gasteiger partial charge in [-0.1, -0.05) is 12.5 Å². The summed E-state index contributed by atoms with van der Waals surface area (Å²) >= 11 is 0. The molecule has 0 aromatic rings. The van der Waals surface area contributed by atoms with Crippen molar-refractivity contribution in [2.45, 2.75) is 44.6 Å². The van der Waals surface area contributed by atoms with Crippen LogP contribution >= 0.6 is 0 Å². The van der Waals surface area contributed by atoms with Gasteiger partial charge in [-0.2, -0.15) is 0 Å². The second kappa shape index (κ2) is 9.11. The second-order valence-electron chi connectivity index (χ2n) is 4.88. The Labute approximate surface area is 110 Å². The van der Waals surface area contributed by atoms with Crippen molar-refractivity contribution in [3.05, 3.63) is 12.7 Å². The van der Waals surface area contributed by atoms with Crippen molar-refractivity contribution in [3.8, 4) is 0 Å². The molecule has 0 atom stereocenters. The first-order chi connectivity index (χ1) is 8.72. The van der Waals surface area contributed by atoms with E-state index in [2.05, 4.69) is 11.5 Å². The zero-order valence-electron chi connectivity index (χ0n) is 11.1. The number of carbonyl (C=O) groups is 1. The van der Waals surface area contributed by atoms with Crippen LogP contribution in [0.2, 0.25) is 0 Å². The first-order valence-corrected chi connectivity index (χ1v) is 6.89. The van der Waals surface area contributed by atoms with Crippen LogP contribution in [0.5, 0.6) is 0 Å². The first-order valence-electron chi connectivity index (χ1n) is 6.89. The molecule has 104 valence electrons. The molecule has 1 heterocycles. The Hall–Kier alpha value is -0.870. The molecule has 0 saturated carbocycles. The Morgan fingerprint density at radius 2 is 2.06 bits per heavy atom. The number of aliphatic carboxylic acids is 1. The molecule has 0 aromatic carbocycles. The molecule has 1 aliphatic rings. The van der Waals surface area contributed by atoms with Crippen molar-refractivity contribution in [3.63, 3.8) is 0 Å². The van der Waals surface area contributed by atoms with E-state index < -0.39 is 5.97 Å². The lowest BCUT2D eigenvalue weighted by molar-refractivity contribution is -0.145. The van der Waals surface area contributed by atoms with E-state index >= 15 is 0 Å². The third-order valence-electron chi connectivity index (χ3n) is 3.36. The molecular formula is C14H25NO3. The predicted molar refractivity (Wildman–Crippen MR) is 71.7 cm³/mol. The quantitative estimate of drug-likeness (QED) is 0.507. The molecule has 0 bridgehead atoms. The van der Waals surface area contributed by atoms with Crippen LogP contribution in [0.15, 0.2) is 12.7 Å². The van der Waals surface area contributed by atoms with E-state index in [4.69, 9.17) is 9.84 Å². The number of carboxylic acids is 1. The lowest BCUT2D eigenvalue weighted by Crippen LogP contribution is -2.38. The smallest absolute Gasteiger partial charge is 0.329 e. The van der Waals surface area contributed by atoms with Crippen LogP contribution in [0, 0.1) is 0 Å². The second-order valence-corrected chi connectivity index (χ2v) is 4.88. The summed E-state index contributed by atoms with van der Waals surface area (Å²) in [6.45, 7) is 6.78. The number of hydrogen-bond donors (Lipinski definition) is 1. The van der Waals surface area contributed by atoms with Gasteiger partial charge in [-0.05, 0) is 38.6 Å². The Morgan fingerprint density at radius 3 is 2.67 bits per heavy atom. The van der Waals surface area contributed by atoms with Crippen LogP contribution in [-0.2, 0) is 9.53 Å². The third-order valence-corrected chi connectivity index (χ3v) is 3.36. The summed E-state index contributed by atoms with van der Waals surface area (Å²) in [5, 5.41) is 8.54. The van der Waals surface area contributed by atoms with Gasteiger partial charge >= 0.3 is 5.97 Å². The molecule has 0 radical (unpaired) electrons. The number of unbranched alkanes of at least 4 members (excludes halogenated alkanes) is 3. The van der Waals surface area contributed by atoms with Gasteiger partial charge in [-0.25, -0.2) is 4.79 Å². The zero-order valence-corrected chi connectivity index (χ0v) is 11.1. The molecule has 1 aliphatic heterocycles. The van der Waals surface area contributed by atoms with Crippen LogP contribution in [0.25, 0.3) is 0 Å². The number of rotatable bonds is 9. The molecule has 0 aliphatic carbocycles. The van der Waals surface area contributed by atoms with Crippen LogP contribution in [-0.4, -0.2) is 48.3 Å². The Kier molecular flexibility index (Phi) is 7.69. The van der Waals surface area contributed by atoms with Gasteiger partial charge in [-0.15, -0.1) is 6.58 Å². The molecular weight excluding hydrogens is 230 g/mol.